The van der Waals surface area contributed by atoms with E-state index in [2.05, 4.69) is 0 Å². The van der Waals surface area contributed by atoms with Crippen molar-refractivity contribution in [2.24, 2.45) is 0 Å². The highest BCUT2D eigenvalue weighted by Crippen LogP contribution is 2.29. The first-order valence-electron chi connectivity index (χ1n) is 6.12. The highest BCUT2D eigenvalue weighted by molar-refractivity contribution is 5.42. The van der Waals surface area contributed by atoms with Crippen LogP contribution in [0, 0.1) is 0 Å². The van der Waals surface area contributed by atoms with Gasteiger partial charge in [-0.15, -0.1) is 0 Å². The van der Waals surface area contributed by atoms with Crippen molar-refractivity contribution in [2.45, 2.75) is 46.8 Å². The predicted octanol–water partition coefficient (Wildman–Crippen LogP) is 3.66. The fourth-order valence-electron chi connectivity index (χ4n) is 1.48. The van der Waals surface area contributed by atoms with Crippen LogP contribution in [-0.2, 0) is 0 Å². The number of ether oxygens (including phenoxy) is 3. The van der Waals surface area contributed by atoms with Crippen LogP contribution in [0.4, 0.5) is 0 Å². The van der Waals surface area contributed by atoms with Crippen LogP contribution in [0.1, 0.15) is 34.6 Å². The average molecular weight is 238 g/mol. The molecule has 0 bridgehead atoms. The third-order valence-electron chi connectivity index (χ3n) is 1.91. The summed E-state index contributed by atoms with van der Waals surface area (Å²) in [7, 11) is 0. The van der Waals surface area contributed by atoms with Gasteiger partial charge < -0.3 is 14.2 Å². The Labute approximate surface area is 104 Å². The van der Waals surface area contributed by atoms with Crippen LogP contribution in [0.3, 0.4) is 0 Å². The zero-order valence-electron chi connectivity index (χ0n) is 11.3. The molecule has 0 unspecified atom stereocenters. The van der Waals surface area contributed by atoms with Gasteiger partial charge in [0.05, 0.1) is 18.8 Å². The third kappa shape index (κ3) is 4.98. The number of rotatable bonds is 6. The van der Waals surface area contributed by atoms with Crippen molar-refractivity contribution < 1.29 is 14.2 Å². The van der Waals surface area contributed by atoms with Gasteiger partial charge >= 0.3 is 0 Å². The number of benzene rings is 1. The molecule has 0 saturated heterocycles. The minimum atomic E-state index is 0.138. The molecule has 96 valence electrons. The van der Waals surface area contributed by atoms with E-state index in [4.69, 9.17) is 14.2 Å². The fourth-order valence-corrected chi connectivity index (χ4v) is 1.48. The Morgan fingerprint density at radius 3 is 1.59 bits per heavy atom. The lowest BCUT2D eigenvalue weighted by molar-refractivity contribution is 0.226. The van der Waals surface area contributed by atoms with Gasteiger partial charge in [0.1, 0.15) is 17.2 Å². The Hall–Kier alpha value is -1.38. The molecule has 0 aliphatic heterocycles. The standard InChI is InChI=1S/C14H22O3/c1-6-15-12-7-13(16-10(2)3)9-14(8-12)17-11(4)5/h7-11H,6H2,1-5H3. The van der Waals surface area contributed by atoms with Crippen LogP contribution in [0.2, 0.25) is 0 Å². The zero-order valence-corrected chi connectivity index (χ0v) is 11.3. The lowest BCUT2D eigenvalue weighted by atomic mass is 10.3. The summed E-state index contributed by atoms with van der Waals surface area (Å²) in [6.07, 6.45) is 0.276. The molecule has 0 aliphatic rings. The SMILES string of the molecule is CCOc1cc(OC(C)C)cc(OC(C)C)c1. The van der Waals surface area contributed by atoms with Gasteiger partial charge in [0.25, 0.3) is 0 Å². The first kappa shape index (κ1) is 13.7. The summed E-state index contributed by atoms with van der Waals surface area (Å²) in [5.41, 5.74) is 0. The Balaban J connectivity index is 2.91. The molecule has 0 N–H and O–H groups in total. The van der Waals surface area contributed by atoms with Crippen LogP contribution in [0.25, 0.3) is 0 Å². The number of hydrogen-bond acceptors (Lipinski definition) is 3. The van der Waals surface area contributed by atoms with Crippen LogP contribution >= 0.6 is 0 Å². The summed E-state index contributed by atoms with van der Waals surface area (Å²) >= 11 is 0. The molecule has 0 aromatic heterocycles. The summed E-state index contributed by atoms with van der Waals surface area (Å²) in [5.74, 6) is 2.34. The van der Waals surface area contributed by atoms with Gasteiger partial charge in [-0.3, -0.25) is 0 Å². The Bertz CT molecular complexity index is 317. The maximum atomic E-state index is 5.66. The Morgan fingerprint density at radius 2 is 1.24 bits per heavy atom. The molecule has 3 nitrogen and oxygen atoms in total. The Kier molecular flexibility index (Phi) is 5.13. The summed E-state index contributed by atoms with van der Waals surface area (Å²) in [6.45, 7) is 10.6. The van der Waals surface area contributed by atoms with E-state index in [1.807, 2.05) is 52.8 Å². The monoisotopic (exact) mass is 238 g/mol. The second-order valence-electron chi connectivity index (χ2n) is 4.41. The zero-order chi connectivity index (χ0) is 12.8. The molecule has 0 spiro atoms. The predicted molar refractivity (Wildman–Crippen MR) is 69.1 cm³/mol. The van der Waals surface area contributed by atoms with E-state index in [1.54, 1.807) is 0 Å². The van der Waals surface area contributed by atoms with E-state index in [0.29, 0.717) is 6.61 Å². The van der Waals surface area contributed by atoms with E-state index >= 15 is 0 Å². The van der Waals surface area contributed by atoms with Crippen molar-refractivity contribution in [3.05, 3.63) is 18.2 Å². The third-order valence-corrected chi connectivity index (χ3v) is 1.91. The molecular formula is C14H22O3. The first-order chi connectivity index (χ1) is 8.01. The lowest BCUT2D eigenvalue weighted by Crippen LogP contribution is -2.08. The topological polar surface area (TPSA) is 27.7 Å². The van der Waals surface area contributed by atoms with E-state index in [1.165, 1.54) is 0 Å². The molecule has 1 aromatic carbocycles. The fraction of sp³-hybridized carbons (Fsp3) is 0.571. The molecule has 1 aromatic rings. The maximum absolute atomic E-state index is 5.66. The molecule has 1 rings (SSSR count). The van der Waals surface area contributed by atoms with E-state index in [0.717, 1.165) is 17.2 Å². The highest BCUT2D eigenvalue weighted by Gasteiger charge is 2.06. The first-order valence-corrected chi connectivity index (χ1v) is 6.12. The lowest BCUT2D eigenvalue weighted by Gasteiger charge is -2.15. The van der Waals surface area contributed by atoms with E-state index in [9.17, 15) is 0 Å². The molecule has 3 heteroatoms. The molecule has 0 fully saturated rings. The van der Waals surface area contributed by atoms with E-state index in [-0.39, 0.29) is 12.2 Å². The minimum Gasteiger partial charge on any atom is -0.494 e. The number of hydrogen-bond donors (Lipinski definition) is 0. The molecule has 0 aliphatic carbocycles. The Morgan fingerprint density at radius 1 is 0.824 bits per heavy atom. The van der Waals surface area contributed by atoms with Gasteiger partial charge in [-0.05, 0) is 34.6 Å². The average Bonchev–Trinajstić information content (AvgIpc) is 2.14. The van der Waals surface area contributed by atoms with Crippen LogP contribution in [0.15, 0.2) is 18.2 Å². The highest BCUT2D eigenvalue weighted by atomic mass is 16.5. The summed E-state index contributed by atoms with van der Waals surface area (Å²) in [5, 5.41) is 0. The maximum Gasteiger partial charge on any atom is 0.127 e. The van der Waals surface area contributed by atoms with Gasteiger partial charge in [-0.2, -0.15) is 0 Å². The summed E-state index contributed by atoms with van der Waals surface area (Å²) in [6, 6.07) is 5.66. The molecular weight excluding hydrogens is 216 g/mol. The van der Waals surface area contributed by atoms with Gasteiger partial charge in [0.2, 0.25) is 0 Å². The molecule has 0 saturated carbocycles. The molecule has 0 atom stereocenters. The van der Waals surface area contributed by atoms with E-state index < -0.39 is 0 Å². The summed E-state index contributed by atoms with van der Waals surface area (Å²) in [4.78, 5) is 0. The quantitative estimate of drug-likeness (QED) is 0.757. The van der Waals surface area contributed by atoms with Crippen LogP contribution in [0.5, 0.6) is 17.2 Å². The molecule has 17 heavy (non-hydrogen) atoms. The van der Waals surface area contributed by atoms with Crippen molar-refractivity contribution in [2.75, 3.05) is 6.61 Å². The molecule has 0 amide bonds. The summed E-state index contributed by atoms with van der Waals surface area (Å²) < 4.78 is 16.8. The van der Waals surface area contributed by atoms with Crippen molar-refractivity contribution >= 4 is 0 Å². The van der Waals surface area contributed by atoms with Crippen LogP contribution in [-0.4, -0.2) is 18.8 Å². The largest absolute Gasteiger partial charge is 0.494 e. The smallest absolute Gasteiger partial charge is 0.127 e. The van der Waals surface area contributed by atoms with Crippen LogP contribution < -0.4 is 14.2 Å². The van der Waals surface area contributed by atoms with Gasteiger partial charge in [-0.1, -0.05) is 0 Å². The van der Waals surface area contributed by atoms with Gasteiger partial charge in [0.15, 0.2) is 0 Å². The van der Waals surface area contributed by atoms with Crippen molar-refractivity contribution in [3.63, 3.8) is 0 Å². The van der Waals surface area contributed by atoms with Crippen molar-refractivity contribution in [3.8, 4) is 17.2 Å². The normalized spacial score (nSPS) is 10.8. The van der Waals surface area contributed by atoms with Crippen molar-refractivity contribution in [1.29, 1.82) is 0 Å². The van der Waals surface area contributed by atoms with Gasteiger partial charge in [0, 0.05) is 18.2 Å². The minimum absolute atomic E-state index is 0.138. The second-order valence-corrected chi connectivity index (χ2v) is 4.41. The molecule has 0 radical (unpaired) electrons. The molecule has 0 heterocycles. The van der Waals surface area contributed by atoms with Gasteiger partial charge in [-0.25, -0.2) is 0 Å². The second kappa shape index (κ2) is 6.38. The van der Waals surface area contributed by atoms with Crippen molar-refractivity contribution in [1.82, 2.24) is 0 Å².